The molecule has 0 bridgehead atoms. The second kappa shape index (κ2) is 5.69. The van der Waals surface area contributed by atoms with E-state index in [0.717, 1.165) is 25.5 Å². The monoisotopic (exact) mass is 284 g/mol. The van der Waals surface area contributed by atoms with Gasteiger partial charge in [-0.05, 0) is 36.3 Å². The van der Waals surface area contributed by atoms with Crippen LogP contribution in [0.15, 0.2) is 6.20 Å². The van der Waals surface area contributed by atoms with Crippen molar-refractivity contribution < 1.29 is 4.92 Å². The molecule has 6 nitrogen and oxygen atoms in total. The van der Waals surface area contributed by atoms with Gasteiger partial charge in [-0.1, -0.05) is 20.3 Å². The number of rotatable bonds is 4. The van der Waals surface area contributed by atoms with E-state index in [1.807, 2.05) is 0 Å². The van der Waals surface area contributed by atoms with Gasteiger partial charge in [-0.3, -0.25) is 10.1 Å². The van der Waals surface area contributed by atoms with Crippen LogP contribution in [0.4, 0.5) is 11.5 Å². The maximum absolute atomic E-state index is 11.0. The Labute approximate surface area is 116 Å². The molecule has 1 aliphatic rings. The van der Waals surface area contributed by atoms with E-state index in [1.165, 1.54) is 0 Å². The molecule has 1 aromatic heterocycles. The highest BCUT2D eigenvalue weighted by Gasteiger charge is 2.33. The molecule has 0 aromatic carbocycles. The molecular formula is C12H17ClN4O2. The smallest absolute Gasteiger partial charge is 0.329 e. The van der Waals surface area contributed by atoms with Crippen molar-refractivity contribution in [2.24, 2.45) is 11.8 Å². The zero-order chi connectivity index (χ0) is 14.0. The molecule has 1 aliphatic carbocycles. The van der Waals surface area contributed by atoms with Crippen LogP contribution in [-0.4, -0.2) is 20.9 Å². The molecule has 1 saturated carbocycles. The Morgan fingerprint density at radius 1 is 1.58 bits per heavy atom. The van der Waals surface area contributed by atoms with Crippen LogP contribution in [0.3, 0.4) is 0 Å². The lowest BCUT2D eigenvalue weighted by molar-refractivity contribution is -0.384. The zero-order valence-corrected chi connectivity index (χ0v) is 11.7. The molecule has 1 aromatic rings. The molecule has 104 valence electrons. The molecule has 7 heteroatoms. The van der Waals surface area contributed by atoms with Crippen molar-refractivity contribution in [1.29, 1.82) is 0 Å². The highest BCUT2D eigenvalue weighted by atomic mass is 35.5. The van der Waals surface area contributed by atoms with Gasteiger partial charge in [0.15, 0.2) is 0 Å². The second-order valence-electron chi connectivity index (χ2n) is 4.99. The SMILES string of the molecule is CCC1CCC(Nc2nc(Cl)ncc2[N+](=O)[O-])C1C. The summed E-state index contributed by atoms with van der Waals surface area (Å²) in [5, 5.41) is 14.1. The van der Waals surface area contributed by atoms with Crippen LogP contribution in [0, 0.1) is 22.0 Å². The lowest BCUT2D eigenvalue weighted by Crippen LogP contribution is -2.25. The molecule has 1 fully saturated rings. The van der Waals surface area contributed by atoms with Crippen LogP contribution >= 0.6 is 11.6 Å². The summed E-state index contributed by atoms with van der Waals surface area (Å²) >= 11 is 5.71. The Morgan fingerprint density at radius 2 is 2.32 bits per heavy atom. The van der Waals surface area contributed by atoms with E-state index < -0.39 is 4.92 Å². The molecule has 2 rings (SSSR count). The van der Waals surface area contributed by atoms with Crippen molar-refractivity contribution in [2.45, 2.75) is 39.2 Å². The molecule has 1 heterocycles. The summed E-state index contributed by atoms with van der Waals surface area (Å²) in [6.45, 7) is 4.35. The molecule has 3 atom stereocenters. The average molecular weight is 285 g/mol. The molecule has 0 radical (unpaired) electrons. The van der Waals surface area contributed by atoms with Crippen molar-refractivity contribution in [2.75, 3.05) is 5.32 Å². The minimum atomic E-state index is -0.490. The van der Waals surface area contributed by atoms with Crippen molar-refractivity contribution in [1.82, 2.24) is 9.97 Å². The maximum Gasteiger partial charge on any atom is 0.329 e. The van der Waals surface area contributed by atoms with E-state index in [2.05, 4.69) is 29.1 Å². The van der Waals surface area contributed by atoms with Gasteiger partial charge < -0.3 is 5.32 Å². The Morgan fingerprint density at radius 3 is 2.89 bits per heavy atom. The first kappa shape index (κ1) is 14.0. The number of nitro groups is 1. The third-order valence-electron chi connectivity index (χ3n) is 4.01. The van der Waals surface area contributed by atoms with E-state index in [-0.39, 0.29) is 22.8 Å². The predicted octanol–water partition coefficient (Wildman–Crippen LogP) is 3.27. The summed E-state index contributed by atoms with van der Waals surface area (Å²) in [5.41, 5.74) is -0.128. The molecule has 0 amide bonds. The van der Waals surface area contributed by atoms with Crippen LogP contribution in [-0.2, 0) is 0 Å². The number of hydrogen-bond acceptors (Lipinski definition) is 5. The lowest BCUT2D eigenvalue weighted by Gasteiger charge is -2.21. The van der Waals surface area contributed by atoms with Crippen molar-refractivity contribution >= 4 is 23.1 Å². The summed E-state index contributed by atoms with van der Waals surface area (Å²) in [5.74, 6) is 1.35. The van der Waals surface area contributed by atoms with Crippen molar-refractivity contribution in [3.05, 3.63) is 21.6 Å². The van der Waals surface area contributed by atoms with Crippen LogP contribution in [0.1, 0.15) is 33.1 Å². The van der Waals surface area contributed by atoms with E-state index in [4.69, 9.17) is 11.6 Å². The first-order valence-corrected chi connectivity index (χ1v) is 6.84. The summed E-state index contributed by atoms with van der Waals surface area (Å²) in [4.78, 5) is 18.1. The lowest BCUT2D eigenvalue weighted by atomic mass is 9.93. The van der Waals surface area contributed by atoms with Gasteiger partial charge in [-0.25, -0.2) is 4.98 Å². The standard InChI is InChI=1S/C12H17ClN4O2/c1-3-8-4-5-9(7(8)2)15-11-10(17(18)19)6-14-12(13)16-11/h6-9H,3-5H2,1-2H3,(H,14,15,16). The Hall–Kier alpha value is -1.43. The largest absolute Gasteiger partial charge is 0.361 e. The van der Waals surface area contributed by atoms with Crippen molar-refractivity contribution in [3.8, 4) is 0 Å². The van der Waals surface area contributed by atoms with Gasteiger partial charge >= 0.3 is 5.69 Å². The molecule has 0 saturated heterocycles. The predicted molar refractivity (Wildman–Crippen MR) is 73.3 cm³/mol. The van der Waals surface area contributed by atoms with Gasteiger partial charge in [0, 0.05) is 6.04 Å². The molecule has 1 N–H and O–H groups in total. The van der Waals surface area contributed by atoms with E-state index in [1.54, 1.807) is 0 Å². The molecular weight excluding hydrogens is 268 g/mol. The van der Waals surface area contributed by atoms with Crippen LogP contribution in [0.5, 0.6) is 0 Å². The molecule has 3 unspecified atom stereocenters. The first-order chi connectivity index (χ1) is 9.02. The maximum atomic E-state index is 11.0. The van der Waals surface area contributed by atoms with E-state index >= 15 is 0 Å². The zero-order valence-electron chi connectivity index (χ0n) is 11.0. The number of anilines is 1. The molecule has 19 heavy (non-hydrogen) atoms. The fraction of sp³-hybridized carbons (Fsp3) is 0.667. The Kier molecular flexibility index (Phi) is 4.19. The Balaban J connectivity index is 2.19. The fourth-order valence-corrected chi connectivity index (χ4v) is 2.93. The highest BCUT2D eigenvalue weighted by Crippen LogP contribution is 2.36. The second-order valence-corrected chi connectivity index (χ2v) is 5.32. The summed E-state index contributed by atoms with van der Waals surface area (Å²) in [6, 6.07) is 0.203. The Bertz CT molecular complexity index is 483. The van der Waals surface area contributed by atoms with Gasteiger partial charge in [-0.15, -0.1) is 0 Å². The minimum absolute atomic E-state index is 0.0193. The van der Waals surface area contributed by atoms with Crippen LogP contribution < -0.4 is 5.32 Å². The van der Waals surface area contributed by atoms with Gasteiger partial charge in [0.25, 0.3) is 0 Å². The van der Waals surface area contributed by atoms with E-state index in [0.29, 0.717) is 11.8 Å². The minimum Gasteiger partial charge on any atom is -0.361 e. The number of nitrogens with one attached hydrogen (secondary N) is 1. The average Bonchev–Trinajstić information content (AvgIpc) is 2.70. The van der Waals surface area contributed by atoms with Gasteiger partial charge in [0.2, 0.25) is 11.1 Å². The van der Waals surface area contributed by atoms with E-state index in [9.17, 15) is 10.1 Å². The third kappa shape index (κ3) is 2.94. The number of aromatic nitrogens is 2. The summed E-state index contributed by atoms with van der Waals surface area (Å²) in [7, 11) is 0. The normalized spacial score (nSPS) is 26.4. The number of hydrogen-bond donors (Lipinski definition) is 1. The third-order valence-corrected chi connectivity index (χ3v) is 4.19. The first-order valence-electron chi connectivity index (χ1n) is 6.46. The van der Waals surface area contributed by atoms with Gasteiger partial charge in [0.05, 0.1) is 4.92 Å². The number of halogens is 1. The van der Waals surface area contributed by atoms with Gasteiger partial charge in [-0.2, -0.15) is 4.98 Å². The fourth-order valence-electron chi connectivity index (χ4n) is 2.80. The van der Waals surface area contributed by atoms with Crippen molar-refractivity contribution in [3.63, 3.8) is 0 Å². The quantitative estimate of drug-likeness (QED) is 0.521. The summed E-state index contributed by atoms with van der Waals surface area (Å²) < 4.78 is 0. The van der Waals surface area contributed by atoms with Crippen LogP contribution in [0.25, 0.3) is 0 Å². The van der Waals surface area contributed by atoms with Crippen LogP contribution in [0.2, 0.25) is 5.28 Å². The van der Waals surface area contributed by atoms with Gasteiger partial charge in [0.1, 0.15) is 6.20 Å². The molecule has 0 aliphatic heterocycles. The molecule has 0 spiro atoms. The topological polar surface area (TPSA) is 81.0 Å². The number of nitrogens with zero attached hydrogens (tertiary/aromatic N) is 3. The highest BCUT2D eigenvalue weighted by molar-refractivity contribution is 6.28. The summed E-state index contributed by atoms with van der Waals surface area (Å²) in [6.07, 6.45) is 4.42.